The number of nitrogens with zero attached hydrogens (tertiary/aromatic N) is 2. The van der Waals surface area contributed by atoms with Gasteiger partial charge in [0.2, 0.25) is 12.8 Å². The predicted molar refractivity (Wildman–Crippen MR) is 54.1 cm³/mol. The quantitative estimate of drug-likeness (QED) is 0.257. The smallest absolute Gasteiger partial charge is 0.303 e. The molecule has 0 aliphatic carbocycles. The number of rotatable bonds is 5. The van der Waals surface area contributed by atoms with E-state index >= 15 is 0 Å². The molecule has 18 heavy (non-hydrogen) atoms. The molecule has 0 saturated heterocycles. The summed E-state index contributed by atoms with van der Waals surface area (Å²) in [4.78, 5) is 37.4. The van der Waals surface area contributed by atoms with Crippen molar-refractivity contribution in [2.75, 3.05) is 0 Å². The minimum absolute atomic E-state index is 0.296. The molecule has 2 amide bonds. The molecule has 4 N–H and O–H groups in total. The first-order valence-electron chi connectivity index (χ1n) is 4.06. The average Bonchev–Trinajstić information content (AvgIpc) is 2.30. The fraction of sp³-hybridized carbons (Fsp3) is 0.250. The van der Waals surface area contributed by atoms with Gasteiger partial charge in [0.05, 0.1) is 12.8 Å². The normalized spacial score (nSPS) is 6.33. The van der Waals surface area contributed by atoms with Gasteiger partial charge in [-0.15, -0.1) is 0 Å². The van der Waals surface area contributed by atoms with E-state index in [0.29, 0.717) is 12.8 Å². The van der Waals surface area contributed by atoms with Crippen LogP contribution in [-0.4, -0.2) is 35.0 Å². The van der Waals surface area contributed by atoms with Crippen molar-refractivity contribution < 1.29 is 29.4 Å². The van der Waals surface area contributed by atoms with Crippen molar-refractivity contribution in [1.29, 1.82) is 10.5 Å². The minimum Gasteiger partial charge on any atom is -0.481 e. The lowest BCUT2D eigenvalue weighted by Crippen LogP contribution is -2.00. The second-order valence-corrected chi connectivity index (χ2v) is 2.04. The van der Waals surface area contributed by atoms with Gasteiger partial charge in [-0.1, -0.05) is 0 Å². The number of nitriles is 2. The number of carbonyl (C=O) groups excluding carboxylic acids is 2. The summed E-state index contributed by atoms with van der Waals surface area (Å²) in [6, 6.07) is 0. The largest absolute Gasteiger partial charge is 0.481 e. The first kappa shape index (κ1) is 20.3. The van der Waals surface area contributed by atoms with E-state index < -0.39 is 11.9 Å². The summed E-state index contributed by atoms with van der Waals surface area (Å²) in [6.07, 6.45) is 2.84. The summed E-state index contributed by atoms with van der Waals surface area (Å²) in [7, 11) is 0. The third-order valence-corrected chi connectivity index (χ3v) is 0.800. The molecule has 10 nitrogen and oxygen atoms in total. The Labute approximate surface area is 101 Å². The lowest BCUT2D eigenvalue weighted by molar-refractivity contribution is -0.143. The molecule has 10 heteroatoms. The Balaban J connectivity index is -0.000000197. The highest BCUT2D eigenvalue weighted by atomic mass is 16.4. The van der Waals surface area contributed by atoms with Crippen LogP contribution in [0.5, 0.6) is 0 Å². The minimum atomic E-state index is -1.08. The lowest BCUT2D eigenvalue weighted by atomic mass is 10.3. The van der Waals surface area contributed by atoms with Crippen LogP contribution in [0.25, 0.3) is 0 Å². The number of carbonyl (C=O) groups is 4. The average molecular weight is 258 g/mol. The maximum atomic E-state index is 9.64. The van der Waals surface area contributed by atoms with Gasteiger partial charge < -0.3 is 10.2 Å². The molecule has 0 aromatic carbocycles. The molecule has 0 radical (unpaired) electrons. The van der Waals surface area contributed by atoms with Gasteiger partial charge in [-0.2, -0.15) is 10.5 Å². The van der Waals surface area contributed by atoms with Crippen molar-refractivity contribution in [2.24, 2.45) is 0 Å². The molecular weight excluding hydrogens is 248 g/mol. The summed E-state index contributed by atoms with van der Waals surface area (Å²) >= 11 is 0. The van der Waals surface area contributed by atoms with Crippen molar-refractivity contribution in [1.82, 2.24) is 10.6 Å². The fourth-order valence-corrected chi connectivity index (χ4v) is 0.267. The Bertz CT molecular complexity index is 308. The van der Waals surface area contributed by atoms with Gasteiger partial charge in [0.15, 0.2) is 12.4 Å². The summed E-state index contributed by atoms with van der Waals surface area (Å²) in [6.45, 7) is 0. The molecule has 0 saturated carbocycles. The van der Waals surface area contributed by atoms with E-state index in [1.807, 2.05) is 0 Å². The first-order valence-corrected chi connectivity index (χ1v) is 4.06. The lowest BCUT2D eigenvalue weighted by Gasteiger charge is -1.85. The molecule has 98 valence electrons. The zero-order valence-corrected chi connectivity index (χ0v) is 8.99. The monoisotopic (exact) mass is 258 g/mol. The van der Waals surface area contributed by atoms with Crippen molar-refractivity contribution in [2.45, 2.75) is 12.8 Å². The van der Waals surface area contributed by atoms with Gasteiger partial charge in [-0.3, -0.25) is 29.8 Å². The maximum Gasteiger partial charge on any atom is 0.303 e. The molecule has 0 bridgehead atoms. The highest BCUT2D eigenvalue weighted by molar-refractivity contribution is 5.75. The van der Waals surface area contributed by atoms with E-state index in [1.54, 1.807) is 10.6 Å². The van der Waals surface area contributed by atoms with Crippen LogP contribution in [0.15, 0.2) is 0 Å². The molecule has 0 fully saturated rings. The summed E-state index contributed by atoms with van der Waals surface area (Å²) < 4.78 is 0. The molecular formula is C8H10N4O6. The topological polar surface area (TPSA) is 180 Å². The van der Waals surface area contributed by atoms with Crippen molar-refractivity contribution in [3.63, 3.8) is 0 Å². The van der Waals surface area contributed by atoms with Crippen LogP contribution >= 0.6 is 0 Å². The van der Waals surface area contributed by atoms with Crippen LogP contribution in [0, 0.1) is 22.9 Å². The van der Waals surface area contributed by atoms with Gasteiger partial charge in [-0.05, 0) is 0 Å². The van der Waals surface area contributed by atoms with E-state index in [0.717, 1.165) is 0 Å². The number of hydrogen-bond acceptors (Lipinski definition) is 6. The molecule has 0 spiro atoms. The Hall–Kier alpha value is -3.14. The SMILES string of the molecule is N#CNC=O.N#CNC=O.O=C(O)CCC(=O)O. The van der Waals surface area contributed by atoms with Crippen LogP contribution in [0.2, 0.25) is 0 Å². The highest BCUT2D eigenvalue weighted by Crippen LogP contribution is 1.86. The van der Waals surface area contributed by atoms with Gasteiger partial charge in [0.25, 0.3) is 0 Å². The zero-order valence-electron chi connectivity index (χ0n) is 8.99. The molecule has 0 atom stereocenters. The molecule has 0 rings (SSSR count). The van der Waals surface area contributed by atoms with Gasteiger partial charge >= 0.3 is 11.9 Å². The van der Waals surface area contributed by atoms with Crippen molar-refractivity contribution in [3.8, 4) is 12.4 Å². The van der Waals surface area contributed by atoms with Crippen molar-refractivity contribution in [3.05, 3.63) is 0 Å². The van der Waals surface area contributed by atoms with Crippen LogP contribution < -0.4 is 10.6 Å². The van der Waals surface area contributed by atoms with Crippen molar-refractivity contribution >= 4 is 24.8 Å². The van der Waals surface area contributed by atoms with Gasteiger partial charge in [0.1, 0.15) is 0 Å². The molecule has 0 unspecified atom stereocenters. The summed E-state index contributed by atoms with van der Waals surface area (Å²) in [5.41, 5.74) is 0. The molecule has 0 aliphatic rings. The number of aliphatic carboxylic acids is 2. The van der Waals surface area contributed by atoms with Crippen LogP contribution in [0.3, 0.4) is 0 Å². The fourth-order valence-electron chi connectivity index (χ4n) is 0.267. The highest BCUT2D eigenvalue weighted by Gasteiger charge is 2.00. The number of amides is 2. The Morgan fingerprint density at radius 2 is 1.22 bits per heavy atom. The van der Waals surface area contributed by atoms with Crippen LogP contribution in [-0.2, 0) is 19.2 Å². The van der Waals surface area contributed by atoms with E-state index in [1.165, 1.54) is 12.4 Å². The predicted octanol–water partition coefficient (Wildman–Crippen LogP) is -1.64. The number of nitrogens with one attached hydrogen (secondary N) is 2. The standard InChI is InChI=1S/C4H6O4.2C2H2N2O/c5-3(6)1-2-4(7)8;2*3-1-4-2-5/h1-2H2,(H,5,6)(H,7,8);2*2H,(H,4,5). The van der Waals surface area contributed by atoms with E-state index in [-0.39, 0.29) is 12.8 Å². The zero-order chi connectivity index (χ0) is 14.8. The number of hydrogen-bond donors (Lipinski definition) is 4. The molecule has 0 aliphatic heterocycles. The van der Waals surface area contributed by atoms with Gasteiger partial charge in [-0.25, -0.2) is 0 Å². The van der Waals surface area contributed by atoms with E-state index in [9.17, 15) is 9.59 Å². The second-order valence-electron chi connectivity index (χ2n) is 2.04. The van der Waals surface area contributed by atoms with E-state index in [4.69, 9.17) is 30.3 Å². The molecule has 0 aromatic heterocycles. The summed E-state index contributed by atoms with van der Waals surface area (Å²) in [5, 5.41) is 34.2. The number of carboxylic acids is 2. The third kappa shape index (κ3) is 52.7. The Morgan fingerprint density at radius 1 is 0.944 bits per heavy atom. The molecule has 0 aromatic rings. The van der Waals surface area contributed by atoms with Crippen LogP contribution in [0.1, 0.15) is 12.8 Å². The molecule has 0 heterocycles. The maximum absolute atomic E-state index is 9.64. The van der Waals surface area contributed by atoms with Gasteiger partial charge in [0, 0.05) is 0 Å². The second kappa shape index (κ2) is 19.4. The Morgan fingerprint density at radius 3 is 1.28 bits per heavy atom. The Kier molecular flexibility index (Phi) is 21.9. The van der Waals surface area contributed by atoms with Crippen LogP contribution in [0.4, 0.5) is 0 Å². The number of carboxylic acid groups (broad SMARTS) is 2. The first-order chi connectivity index (χ1) is 8.45. The van der Waals surface area contributed by atoms with E-state index in [2.05, 4.69) is 0 Å². The summed E-state index contributed by atoms with van der Waals surface area (Å²) in [5.74, 6) is -2.15. The third-order valence-electron chi connectivity index (χ3n) is 0.800.